The molecule has 0 spiro atoms. The SMILES string of the molecule is C=C[Si](C=C)(C=C)OCC. The van der Waals surface area contributed by atoms with Crippen molar-refractivity contribution in [3.05, 3.63) is 36.8 Å². The predicted molar refractivity (Wildman–Crippen MR) is 48.0 cm³/mol. The molecule has 56 valence electrons. The maximum absolute atomic E-state index is 5.46. The first-order valence-electron chi connectivity index (χ1n) is 3.29. The lowest BCUT2D eigenvalue weighted by molar-refractivity contribution is 0.345. The van der Waals surface area contributed by atoms with Gasteiger partial charge in [0.2, 0.25) is 0 Å². The summed E-state index contributed by atoms with van der Waals surface area (Å²) in [7, 11) is -1.93. The van der Waals surface area contributed by atoms with E-state index in [0.29, 0.717) is 6.61 Å². The van der Waals surface area contributed by atoms with Gasteiger partial charge in [0.05, 0.1) is 0 Å². The summed E-state index contributed by atoms with van der Waals surface area (Å²) >= 11 is 0. The van der Waals surface area contributed by atoms with Crippen LogP contribution in [-0.2, 0) is 4.43 Å². The fourth-order valence-electron chi connectivity index (χ4n) is 0.677. The van der Waals surface area contributed by atoms with Crippen molar-refractivity contribution in [2.24, 2.45) is 0 Å². The molecule has 0 saturated carbocycles. The summed E-state index contributed by atoms with van der Waals surface area (Å²) in [6, 6.07) is 0. The van der Waals surface area contributed by atoms with Crippen molar-refractivity contribution in [3.8, 4) is 0 Å². The minimum Gasteiger partial charge on any atom is -0.406 e. The minimum absolute atomic E-state index is 0.691. The van der Waals surface area contributed by atoms with Crippen LogP contribution in [0.2, 0.25) is 0 Å². The van der Waals surface area contributed by atoms with E-state index in [1.54, 1.807) is 0 Å². The van der Waals surface area contributed by atoms with Crippen LogP contribution >= 0.6 is 0 Å². The van der Waals surface area contributed by atoms with Crippen molar-refractivity contribution in [2.75, 3.05) is 6.61 Å². The highest BCUT2D eigenvalue weighted by molar-refractivity contribution is 6.87. The maximum Gasteiger partial charge on any atom is 0.264 e. The van der Waals surface area contributed by atoms with Crippen LogP contribution in [0, 0.1) is 0 Å². The Morgan fingerprint density at radius 2 is 1.60 bits per heavy atom. The molecule has 0 N–H and O–H groups in total. The molecule has 10 heavy (non-hydrogen) atoms. The fourth-order valence-corrected chi connectivity index (χ4v) is 2.03. The molecular weight excluding hydrogens is 140 g/mol. The molecule has 0 aliphatic rings. The van der Waals surface area contributed by atoms with E-state index in [9.17, 15) is 0 Å². The van der Waals surface area contributed by atoms with Gasteiger partial charge in [-0.15, -0.1) is 19.7 Å². The summed E-state index contributed by atoms with van der Waals surface area (Å²) in [5.74, 6) is 0. The van der Waals surface area contributed by atoms with E-state index in [-0.39, 0.29) is 0 Å². The Morgan fingerprint density at radius 1 is 1.20 bits per heavy atom. The third-order valence-corrected chi connectivity index (χ3v) is 4.05. The first-order valence-corrected chi connectivity index (χ1v) is 5.43. The third kappa shape index (κ3) is 1.97. The van der Waals surface area contributed by atoms with Crippen LogP contribution in [0.5, 0.6) is 0 Å². The molecule has 0 rings (SSSR count). The second-order valence-corrected chi connectivity index (χ2v) is 5.12. The maximum atomic E-state index is 5.46. The van der Waals surface area contributed by atoms with Gasteiger partial charge >= 0.3 is 0 Å². The first kappa shape index (κ1) is 9.40. The zero-order chi connectivity index (χ0) is 8.04. The summed E-state index contributed by atoms with van der Waals surface area (Å²) in [4.78, 5) is 0. The van der Waals surface area contributed by atoms with Crippen LogP contribution in [0.3, 0.4) is 0 Å². The fraction of sp³-hybridized carbons (Fsp3) is 0.250. The molecule has 0 heterocycles. The largest absolute Gasteiger partial charge is 0.406 e. The Morgan fingerprint density at radius 3 is 1.70 bits per heavy atom. The van der Waals surface area contributed by atoms with Gasteiger partial charge in [-0.2, -0.15) is 0 Å². The number of hydrogen-bond donors (Lipinski definition) is 0. The first-order chi connectivity index (χ1) is 4.74. The van der Waals surface area contributed by atoms with E-state index in [4.69, 9.17) is 4.43 Å². The Balaban J connectivity index is 4.29. The topological polar surface area (TPSA) is 9.23 Å². The molecule has 0 unspecified atom stereocenters. The highest BCUT2D eigenvalue weighted by Crippen LogP contribution is 2.07. The monoisotopic (exact) mass is 154 g/mol. The highest BCUT2D eigenvalue weighted by Gasteiger charge is 2.21. The molecular formula is C8H14OSi. The minimum atomic E-state index is -1.93. The van der Waals surface area contributed by atoms with E-state index in [0.717, 1.165) is 0 Å². The molecule has 0 radical (unpaired) electrons. The average Bonchev–Trinajstić information content (AvgIpc) is 2.01. The van der Waals surface area contributed by atoms with Crippen molar-refractivity contribution < 1.29 is 4.43 Å². The molecule has 0 aliphatic heterocycles. The van der Waals surface area contributed by atoms with Crippen molar-refractivity contribution in [1.29, 1.82) is 0 Å². The lowest BCUT2D eigenvalue weighted by Crippen LogP contribution is -2.31. The summed E-state index contributed by atoms with van der Waals surface area (Å²) < 4.78 is 5.46. The van der Waals surface area contributed by atoms with Crippen LogP contribution < -0.4 is 0 Å². The van der Waals surface area contributed by atoms with Crippen molar-refractivity contribution in [3.63, 3.8) is 0 Å². The van der Waals surface area contributed by atoms with Gasteiger partial charge in [0, 0.05) is 6.61 Å². The lowest BCUT2D eigenvalue weighted by Gasteiger charge is -2.18. The Labute approximate surface area is 63.8 Å². The number of hydrogen-bond acceptors (Lipinski definition) is 1. The van der Waals surface area contributed by atoms with Gasteiger partial charge in [-0.3, -0.25) is 0 Å². The number of rotatable bonds is 5. The van der Waals surface area contributed by atoms with Crippen LogP contribution in [0.4, 0.5) is 0 Å². The zero-order valence-electron chi connectivity index (χ0n) is 6.47. The molecule has 0 saturated heterocycles. The van der Waals surface area contributed by atoms with Crippen LogP contribution in [-0.4, -0.2) is 14.9 Å². The molecule has 0 aromatic heterocycles. The quantitative estimate of drug-likeness (QED) is 0.551. The van der Waals surface area contributed by atoms with E-state index in [2.05, 4.69) is 19.7 Å². The van der Waals surface area contributed by atoms with E-state index in [1.165, 1.54) is 0 Å². The zero-order valence-corrected chi connectivity index (χ0v) is 7.47. The average molecular weight is 154 g/mol. The van der Waals surface area contributed by atoms with Gasteiger partial charge in [0.1, 0.15) is 0 Å². The van der Waals surface area contributed by atoms with Gasteiger partial charge in [-0.1, -0.05) is 17.1 Å². The predicted octanol–water partition coefficient (Wildman–Crippen LogP) is 2.14. The normalized spacial score (nSPS) is 10.5. The van der Waals surface area contributed by atoms with E-state index < -0.39 is 8.32 Å². The standard InChI is InChI=1S/C8H14OSi/c1-5-9-10(6-2,7-3)8-4/h6-8H,2-5H2,1H3. The summed E-state index contributed by atoms with van der Waals surface area (Å²) in [5.41, 5.74) is 5.45. The van der Waals surface area contributed by atoms with Crippen molar-refractivity contribution in [2.45, 2.75) is 6.92 Å². The molecule has 0 atom stereocenters. The molecule has 1 nitrogen and oxygen atoms in total. The molecule has 0 aromatic carbocycles. The van der Waals surface area contributed by atoms with Gasteiger partial charge in [-0.05, 0) is 6.92 Å². The second kappa shape index (κ2) is 4.25. The molecule has 0 aliphatic carbocycles. The van der Waals surface area contributed by atoms with Crippen LogP contribution in [0.15, 0.2) is 36.8 Å². The van der Waals surface area contributed by atoms with Crippen molar-refractivity contribution >= 4 is 8.32 Å². The highest BCUT2D eigenvalue weighted by atomic mass is 28.4. The smallest absolute Gasteiger partial charge is 0.264 e. The van der Waals surface area contributed by atoms with E-state index in [1.807, 2.05) is 24.0 Å². The van der Waals surface area contributed by atoms with E-state index >= 15 is 0 Å². The van der Waals surface area contributed by atoms with Gasteiger partial charge < -0.3 is 4.43 Å². The Kier molecular flexibility index (Phi) is 3.99. The second-order valence-electron chi connectivity index (χ2n) is 1.90. The van der Waals surface area contributed by atoms with Crippen LogP contribution in [0.1, 0.15) is 6.92 Å². The van der Waals surface area contributed by atoms with Gasteiger partial charge in [-0.25, -0.2) is 0 Å². The van der Waals surface area contributed by atoms with Crippen LogP contribution in [0.25, 0.3) is 0 Å². The molecule has 0 fully saturated rings. The summed E-state index contributed by atoms with van der Waals surface area (Å²) in [6.07, 6.45) is 0. The van der Waals surface area contributed by atoms with Crippen molar-refractivity contribution in [1.82, 2.24) is 0 Å². The van der Waals surface area contributed by atoms with Gasteiger partial charge in [0.15, 0.2) is 0 Å². The molecule has 0 aromatic rings. The molecule has 0 bridgehead atoms. The lowest BCUT2D eigenvalue weighted by atomic mass is 10.9. The van der Waals surface area contributed by atoms with Gasteiger partial charge in [0.25, 0.3) is 8.32 Å². The Bertz CT molecular complexity index is 118. The molecule has 2 heteroatoms. The molecule has 0 amide bonds. The summed E-state index contributed by atoms with van der Waals surface area (Å²) in [6.45, 7) is 13.7. The summed E-state index contributed by atoms with van der Waals surface area (Å²) in [5, 5.41) is 0. The Hall–Kier alpha value is -0.603. The third-order valence-electron chi connectivity index (χ3n) is 1.35.